The highest BCUT2D eigenvalue weighted by Crippen LogP contribution is 2.30. The summed E-state index contributed by atoms with van der Waals surface area (Å²) in [7, 11) is 0. The first-order valence-corrected chi connectivity index (χ1v) is 8.49. The van der Waals surface area contributed by atoms with Gasteiger partial charge in [0.25, 0.3) is 0 Å². The number of benzene rings is 1. The van der Waals surface area contributed by atoms with Crippen LogP contribution in [0.1, 0.15) is 42.9 Å². The maximum absolute atomic E-state index is 12.7. The fourth-order valence-corrected chi connectivity index (χ4v) is 2.65. The van der Waals surface area contributed by atoms with E-state index in [4.69, 9.17) is 4.74 Å². The molecule has 2 rings (SSSR count). The Bertz CT molecular complexity index is 564. The monoisotopic (exact) mass is 317 g/mol. The molecule has 0 radical (unpaired) electrons. The molecule has 1 aliphatic carbocycles. The van der Waals surface area contributed by atoms with Crippen molar-refractivity contribution in [2.45, 2.75) is 46.5 Å². The zero-order chi connectivity index (χ0) is 16.8. The van der Waals surface area contributed by atoms with Gasteiger partial charge in [-0.2, -0.15) is 0 Å². The van der Waals surface area contributed by atoms with Gasteiger partial charge in [-0.05, 0) is 50.7 Å². The Balaban J connectivity index is 1.97. The summed E-state index contributed by atoms with van der Waals surface area (Å²) in [4.78, 5) is 26.1. The molecule has 0 spiro atoms. The lowest BCUT2D eigenvalue weighted by Gasteiger charge is -2.23. The molecular weight excluding hydrogens is 290 g/mol. The fourth-order valence-electron chi connectivity index (χ4n) is 2.65. The van der Waals surface area contributed by atoms with Crippen molar-refractivity contribution in [2.24, 2.45) is 5.92 Å². The Kier molecular flexibility index (Phi) is 6.20. The van der Waals surface area contributed by atoms with Crippen LogP contribution in [0.2, 0.25) is 0 Å². The van der Waals surface area contributed by atoms with Crippen LogP contribution in [0.3, 0.4) is 0 Å². The number of amides is 1. The van der Waals surface area contributed by atoms with Crippen LogP contribution < -0.4 is 0 Å². The maximum Gasteiger partial charge on any atom is 0.307 e. The van der Waals surface area contributed by atoms with E-state index in [1.54, 1.807) is 6.92 Å². The van der Waals surface area contributed by atoms with Gasteiger partial charge in [0.1, 0.15) is 0 Å². The molecule has 0 unspecified atom stereocenters. The first kappa shape index (κ1) is 17.5. The number of carbonyl (C=O) groups is 2. The molecule has 0 saturated heterocycles. The van der Waals surface area contributed by atoms with Crippen LogP contribution in [0, 0.1) is 19.8 Å². The molecule has 0 atom stereocenters. The number of nitrogens with zero attached hydrogens (tertiary/aromatic N) is 1. The SMILES string of the molecule is CCOC(=O)CCN(CC1CC1)C(=O)Cc1cc(C)ccc1C. The van der Waals surface area contributed by atoms with Gasteiger partial charge in [0.2, 0.25) is 5.91 Å². The third-order valence-corrected chi connectivity index (χ3v) is 4.27. The summed E-state index contributed by atoms with van der Waals surface area (Å²) in [5, 5.41) is 0. The molecule has 1 aromatic carbocycles. The number of hydrogen-bond acceptors (Lipinski definition) is 3. The maximum atomic E-state index is 12.7. The third kappa shape index (κ3) is 5.70. The van der Waals surface area contributed by atoms with Crippen molar-refractivity contribution in [2.75, 3.05) is 19.7 Å². The highest BCUT2D eigenvalue weighted by molar-refractivity contribution is 5.80. The van der Waals surface area contributed by atoms with Gasteiger partial charge < -0.3 is 9.64 Å². The van der Waals surface area contributed by atoms with Crippen LogP contribution in [-0.2, 0) is 20.7 Å². The minimum Gasteiger partial charge on any atom is -0.466 e. The van der Waals surface area contributed by atoms with E-state index in [0.717, 1.165) is 17.7 Å². The van der Waals surface area contributed by atoms with Gasteiger partial charge in [-0.15, -0.1) is 0 Å². The predicted molar refractivity (Wildman–Crippen MR) is 90.2 cm³/mol. The highest BCUT2D eigenvalue weighted by atomic mass is 16.5. The van der Waals surface area contributed by atoms with E-state index < -0.39 is 0 Å². The lowest BCUT2D eigenvalue weighted by atomic mass is 10.0. The molecule has 1 aromatic rings. The standard InChI is InChI=1S/C19H27NO3/c1-4-23-19(22)9-10-20(13-16-7-8-16)18(21)12-17-11-14(2)5-6-15(17)3/h5-6,11,16H,4,7-10,12-13H2,1-3H3. The van der Waals surface area contributed by atoms with E-state index in [9.17, 15) is 9.59 Å². The molecule has 126 valence electrons. The molecular formula is C19H27NO3. The number of carbonyl (C=O) groups excluding carboxylic acids is 2. The fraction of sp³-hybridized carbons (Fsp3) is 0.579. The minimum absolute atomic E-state index is 0.106. The van der Waals surface area contributed by atoms with Gasteiger partial charge in [-0.25, -0.2) is 0 Å². The van der Waals surface area contributed by atoms with Crippen LogP contribution in [0.4, 0.5) is 0 Å². The van der Waals surface area contributed by atoms with E-state index in [2.05, 4.69) is 18.2 Å². The van der Waals surface area contributed by atoms with Gasteiger partial charge in [-0.1, -0.05) is 23.8 Å². The summed E-state index contributed by atoms with van der Waals surface area (Å²) in [6, 6.07) is 6.20. The van der Waals surface area contributed by atoms with Crippen LogP contribution in [0.5, 0.6) is 0 Å². The summed E-state index contributed by atoms with van der Waals surface area (Å²) in [5.41, 5.74) is 3.38. The molecule has 0 aromatic heterocycles. The van der Waals surface area contributed by atoms with Crippen LogP contribution in [0.15, 0.2) is 18.2 Å². The number of esters is 1. The van der Waals surface area contributed by atoms with Crippen molar-refractivity contribution in [1.29, 1.82) is 0 Å². The van der Waals surface area contributed by atoms with Crippen LogP contribution in [-0.4, -0.2) is 36.5 Å². The number of ether oxygens (including phenoxy) is 1. The van der Waals surface area contributed by atoms with Crippen molar-refractivity contribution in [3.05, 3.63) is 34.9 Å². The average Bonchev–Trinajstić information content (AvgIpc) is 3.31. The van der Waals surface area contributed by atoms with Crippen molar-refractivity contribution in [3.63, 3.8) is 0 Å². The van der Waals surface area contributed by atoms with Crippen molar-refractivity contribution in [3.8, 4) is 0 Å². The Morgan fingerprint density at radius 2 is 2.00 bits per heavy atom. The van der Waals surface area contributed by atoms with Gasteiger partial charge >= 0.3 is 5.97 Å². The summed E-state index contributed by atoms with van der Waals surface area (Å²) in [6.07, 6.45) is 3.06. The molecule has 23 heavy (non-hydrogen) atoms. The number of aryl methyl sites for hydroxylation is 2. The Morgan fingerprint density at radius 3 is 2.65 bits per heavy atom. The Morgan fingerprint density at radius 1 is 1.26 bits per heavy atom. The molecule has 4 heteroatoms. The van der Waals surface area contributed by atoms with E-state index in [1.807, 2.05) is 18.7 Å². The predicted octanol–water partition coefficient (Wildman–Crippen LogP) is 3.04. The summed E-state index contributed by atoms with van der Waals surface area (Å²) in [6.45, 7) is 7.48. The minimum atomic E-state index is -0.229. The van der Waals surface area contributed by atoms with Crippen LogP contribution >= 0.6 is 0 Å². The van der Waals surface area contributed by atoms with Crippen molar-refractivity contribution >= 4 is 11.9 Å². The van der Waals surface area contributed by atoms with Gasteiger partial charge in [0, 0.05) is 13.1 Å². The summed E-state index contributed by atoms with van der Waals surface area (Å²) in [5.74, 6) is 0.488. The molecule has 0 bridgehead atoms. The first-order chi connectivity index (χ1) is 11.0. The normalized spacial score (nSPS) is 13.7. The average molecular weight is 317 g/mol. The molecule has 4 nitrogen and oxygen atoms in total. The van der Waals surface area contributed by atoms with Gasteiger partial charge in [0.15, 0.2) is 0 Å². The first-order valence-electron chi connectivity index (χ1n) is 8.49. The molecule has 1 amide bonds. The number of rotatable bonds is 8. The molecule has 0 aliphatic heterocycles. The van der Waals surface area contributed by atoms with Gasteiger partial charge in [0.05, 0.1) is 19.4 Å². The Labute approximate surface area is 138 Å². The quantitative estimate of drug-likeness (QED) is 0.692. The Hall–Kier alpha value is -1.84. The second kappa shape index (κ2) is 8.14. The number of hydrogen-bond donors (Lipinski definition) is 0. The van der Waals surface area contributed by atoms with Crippen molar-refractivity contribution < 1.29 is 14.3 Å². The van der Waals surface area contributed by atoms with E-state index in [1.165, 1.54) is 18.4 Å². The summed E-state index contributed by atoms with van der Waals surface area (Å²) < 4.78 is 4.97. The molecule has 1 fully saturated rings. The molecule has 0 N–H and O–H groups in total. The molecule has 0 heterocycles. The van der Waals surface area contributed by atoms with E-state index in [-0.39, 0.29) is 18.3 Å². The summed E-state index contributed by atoms with van der Waals surface area (Å²) >= 11 is 0. The largest absolute Gasteiger partial charge is 0.466 e. The zero-order valence-electron chi connectivity index (χ0n) is 14.4. The van der Waals surface area contributed by atoms with E-state index >= 15 is 0 Å². The topological polar surface area (TPSA) is 46.6 Å². The zero-order valence-corrected chi connectivity index (χ0v) is 14.4. The van der Waals surface area contributed by atoms with Gasteiger partial charge in [-0.3, -0.25) is 9.59 Å². The van der Waals surface area contributed by atoms with Crippen LogP contribution in [0.25, 0.3) is 0 Å². The van der Waals surface area contributed by atoms with Crippen molar-refractivity contribution in [1.82, 2.24) is 4.90 Å². The smallest absolute Gasteiger partial charge is 0.307 e. The second-order valence-corrected chi connectivity index (χ2v) is 6.44. The lowest BCUT2D eigenvalue weighted by Crippen LogP contribution is -2.36. The molecule has 1 saturated carbocycles. The highest BCUT2D eigenvalue weighted by Gasteiger charge is 2.27. The third-order valence-electron chi connectivity index (χ3n) is 4.27. The lowest BCUT2D eigenvalue weighted by molar-refractivity contribution is -0.144. The molecule has 1 aliphatic rings. The van der Waals surface area contributed by atoms with E-state index in [0.29, 0.717) is 25.5 Å². The second-order valence-electron chi connectivity index (χ2n) is 6.44.